The van der Waals surface area contributed by atoms with Crippen LogP contribution in [0.1, 0.15) is 16.8 Å². The molecule has 1 amide bonds. The minimum absolute atomic E-state index is 0.0565. The number of nitrogens with zero attached hydrogens (tertiary/aromatic N) is 1. The summed E-state index contributed by atoms with van der Waals surface area (Å²) in [5, 5.41) is 3.89. The van der Waals surface area contributed by atoms with Gasteiger partial charge in [-0.1, -0.05) is 23.2 Å². The molecule has 1 fully saturated rings. The van der Waals surface area contributed by atoms with E-state index in [1.807, 2.05) is 11.9 Å². The zero-order chi connectivity index (χ0) is 14.7. The fraction of sp³-hybridized carbons (Fsp3) is 0.500. The van der Waals surface area contributed by atoms with Gasteiger partial charge in [0.2, 0.25) is 0 Å². The lowest BCUT2D eigenvalue weighted by Crippen LogP contribution is -2.30. The van der Waals surface area contributed by atoms with E-state index in [2.05, 4.69) is 5.32 Å². The smallest absolute Gasteiger partial charge is 0.257 e. The number of amides is 1. The molecule has 0 aromatic heterocycles. The number of methoxy groups -OCH3 is 1. The third kappa shape index (κ3) is 3.19. The zero-order valence-corrected chi connectivity index (χ0v) is 13.1. The molecule has 0 spiro atoms. The number of carbonyl (C=O) groups is 1. The number of hydrogen-bond acceptors (Lipinski definition) is 3. The van der Waals surface area contributed by atoms with Crippen molar-refractivity contribution >= 4 is 29.1 Å². The van der Waals surface area contributed by atoms with Crippen molar-refractivity contribution in [2.45, 2.75) is 6.42 Å². The van der Waals surface area contributed by atoms with E-state index >= 15 is 0 Å². The fourth-order valence-electron chi connectivity index (χ4n) is 2.51. The molecule has 20 heavy (non-hydrogen) atoms. The minimum atomic E-state index is -0.0565. The summed E-state index contributed by atoms with van der Waals surface area (Å²) in [5.74, 6) is 0.901. The monoisotopic (exact) mass is 316 g/mol. The number of halogens is 2. The Morgan fingerprint density at radius 3 is 2.80 bits per heavy atom. The lowest BCUT2D eigenvalue weighted by molar-refractivity contribution is 0.0784. The largest absolute Gasteiger partial charge is 0.496 e. The van der Waals surface area contributed by atoms with Gasteiger partial charge in [0.05, 0.1) is 22.7 Å². The number of benzene rings is 1. The Hall–Kier alpha value is -0.970. The number of likely N-dealkylation sites (tertiary alicyclic amines) is 1. The SMILES string of the molecule is CNCC1CCN(C(=O)c2cc(Cl)c(Cl)cc2OC)C1. The van der Waals surface area contributed by atoms with Crippen molar-refractivity contribution in [3.8, 4) is 5.75 Å². The first-order valence-electron chi connectivity index (χ1n) is 6.53. The molecule has 1 aromatic rings. The first-order chi connectivity index (χ1) is 9.56. The second kappa shape index (κ2) is 6.66. The van der Waals surface area contributed by atoms with E-state index in [9.17, 15) is 4.79 Å². The van der Waals surface area contributed by atoms with Gasteiger partial charge in [0.15, 0.2) is 0 Å². The second-order valence-corrected chi connectivity index (χ2v) is 5.74. The average Bonchev–Trinajstić information content (AvgIpc) is 2.89. The highest BCUT2D eigenvalue weighted by Gasteiger charge is 2.28. The zero-order valence-electron chi connectivity index (χ0n) is 11.6. The van der Waals surface area contributed by atoms with E-state index in [4.69, 9.17) is 27.9 Å². The molecule has 4 nitrogen and oxygen atoms in total. The Balaban J connectivity index is 2.19. The van der Waals surface area contributed by atoms with Gasteiger partial charge in [-0.25, -0.2) is 0 Å². The first-order valence-corrected chi connectivity index (χ1v) is 7.29. The molecule has 1 aliphatic rings. The molecule has 1 heterocycles. The van der Waals surface area contributed by atoms with Crippen LogP contribution in [0.5, 0.6) is 5.75 Å². The van der Waals surface area contributed by atoms with Gasteiger partial charge in [-0.05, 0) is 32.0 Å². The number of rotatable bonds is 4. The minimum Gasteiger partial charge on any atom is -0.496 e. The van der Waals surface area contributed by atoms with Crippen molar-refractivity contribution < 1.29 is 9.53 Å². The van der Waals surface area contributed by atoms with Crippen molar-refractivity contribution in [1.29, 1.82) is 0 Å². The number of nitrogens with one attached hydrogen (secondary N) is 1. The quantitative estimate of drug-likeness (QED) is 0.928. The third-order valence-corrected chi connectivity index (χ3v) is 4.26. The van der Waals surface area contributed by atoms with Crippen LogP contribution in [-0.2, 0) is 0 Å². The molecule has 110 valence electrons. The molecule has 6 heteroatoms. The van der Waals surface area contributed by atoms with Gasteiger partial charge < -0.3 is 15.0 Å². The maximum atomic E-state index is 12.6. The Morgan fingerprint density at radius 1 is 1.45 bits per heavy atom. The highest BCUT2D eigenvalue weighted by atomic mass is 35.5. The van der Waals surface area contributed by atoms with E-state index in [-0.39, 0.29) is 5.91 Å². The van der Waals surface area contributed by atoms with Crippen molar-refractivity contribution in [1.82, 2.24) is 10.2 Å². The standard InChI is InChI=1S/C14H18Cl2N2O2/c1-17-7-9-3-4-18(8-9)14(19)10-5-11(15)12(16)6-13(10)20-2/h5-6,9,17H,3-4,7-8H2,1-2H3. The van der Waals surface area contributed by atoms with Crippen LogP contribution >= 0.6 is 23.2 Å². The van der Waals surface area contributed by atoms with Gasteiger partial charge in [0.1, 0.15) is 5.75 Å². The van der Waals surface area contributed by atoms with Crippen molar-refractivity contribution in [3.63, 3.8) is 0 Å². The lowest BCUT2D eigenvalue weighted by Gasteiger charge is -2.18. The summed E-state index contributed by atoms with van der Waals surface area (Å²) in [7, 11) is 3.44. The van der Waals surface area contributed by atoms with E-state index < -0.39 is 0 Å². The molecule has 0 radical (unpaired) electrons. The van der Waals surface area contributed by atoms with E-state index in [1.54, 1.807) is 12.1 Å². The molecule has 1 atom stereocenters. The number of carbonyl (C=O) groups excluding carboxylic acids is 1. The van der Waals surface area contributed by atoms with Crippen LogP contribution < -0.4 is 10.1 Å². The van der Waals surface area contributed by atoms with Crippen molar-refractivity contribution in [2.24, 2.45) is 5.92 Å². The summed E-state index contributed by atoms with van der Waals surface area (Å²) in [6, 6.07) is 3.16. The van der Waals surface area contributed by atoms with Crippen molar-refractivity contribution in [3.05, 3.63) is 27.7 Å². The van der Waals surface area contributed by atoms with Gasteiger partial charge in [-0.15, -0.1) is 0 Å². The van der Waals surface area contributed by atoms with E-state index in [0.29, 0.717) is 27.3 Å². The molecule has 1 aliphatic heterocycles. The number of hydrogen-bond donors (Lipinski definition) is 1. The first kappa shape index (κ1) is 15.4. The molecule has 0 saturated carbocycles. The highest BCUT2D eigenvalue weighted by Crippen LogP contribution is 2.32. The third-order valence-electron chi connectivity index (χ3n) is 3.54. The van der Waals surface area contributed by atoms with Gasteiger partial charge in [-0.3, -0.25) is 4.79 Å². The Kier molecular flexibility index (Phi) is 5.13. The van der Waals surface area contributed by atoms with Crippen LogP contribution in [0.25, 0.3) is 0 Å². The summed E-state index contributed by atoms with van der Waals surface area (Å²) in [4.78, 5) is 14.4. The van der Waals surface area contributed by atoms with Crippen LogP contribution in [0.15, 0.2) is 12.1 Å². The maximum Gasteiger partial charge on any atom is 0.257 e. The Labute approximate surface area is 129 Å². The Morgan fingerprint density at radius 2 is 2.15 bits per heavy atom. The normalized spacial score (nSPS) is 18.4. The summed E-state index contributed by atoms with van der Waals surface area (Å²) in [5.41, 5.74) is 0.465. The van der Waals surface area contributed by atoms with Crippen LogP contribution in [0.4, 0.5) is 0 Å². The predicted molar refractivity (Wildman–Crippen MR) is 81.0 cm³/mol. The van der Waals surface area contributed by atoms with E-state index in [0.717, 1.165) is 26.1 Å². The van der Waals surface area contributed by atoms with Gasteiger partial charge in [0, 0.05) is 19.2 Å². The topological polar surface area (TPSA) is 41.6 Å². The van der Waals surface area contributed by atoms with Gasteiger partial charge in [0.25, 0.3) is 5.91 Å². The summed E-state index contributed by atoms with van der Waals surface area (Å²) in [6.45, 7) is 2.43. The van der Waals surface area contributed by atoms with Gasteiger partial charge in [-0.2, -0.15) is 0 Å². The molecule has 2 rings (SSSR count). The lowest BCUT2D eigenvalue weighted by atomic mass is 10.1. The molecule has 1 aromatic carbocycles. The molecule has 1 N–H and O–H groups in total. The van der Waals surface area contributed by atoms with Crippen molar-refractivity contribution in [2.75, 3.05) is 33.8 Å². The molecule has 1 saturated heterocycles. The van der Waals surface area contributed by atoms with Crippen LogP contribution in [-0.4, -0.2) is 44.6 Å². The molecule has 0 bridgehead atoms. The van der Waals surface area contributed by atoms with Crippen LogP contribution in [0.2, 0.25) is 10.0 Å². The molecular formula is C14H18Cl2N2O2. The number of ether oxygens (including phenoxy) is 1. The average molecular weight is 317 g/mol. The predicted octanol–water partition coefficient (Wildman–Crippen LogP) is 2.68. The summed E-state index contributed by atoms with van der Waals surface area (Å²) < 4.78 is 5.23. The van der Waals surface area contributed by atoms with E-state index in [1.165, 1.54) is 7.11 Å². The fourth-order valence-corrected chi connectivity index (χ4v) is 2.82. The summed E-state index contributed by atoms with van der Waals surface area (Å²) in [6.07, 6.45) is 1.01. The molecular weight excluding hydrogens is 299 g/mol. The maximum absolute atomic E-state index is 12.6. The Bertz CT molecular complexity index is 508. The second-order valence-electron chi connectivity index (χ2n) is 4.93. The molecule has 0 aliphatic carbocycles. The van der Waals surface area contributed by atoms with Gasteiger partial charge >= 0.3 is 0 Å². The highest BCUT2D eigenvalue weighted by molar-refractivity contribution is 6.42. The van der Waals surface area contributed by atoms with Crippen LogP contribution in [0.3, 0.4) is 0 Å². The van der Waals surface area contributed by atoms with Crippen LogP contribution in [0, 0.1) is 5.92 Å². The molecule has 1 unspecified atom stereocenters. The summed E-state index contributed by atoms with van der Waals surface area (Å²) >= 11 is 12.0.